The van der Waals surface area contributed by atoms with E-state index >= 15 is 0 Å². The number of likely N-dealkylation sites (tertiary alicyclic amines) is 1. The standard InChI is InChI=1S/C26H30N4O2.C8H8N2S/c1-19-23(18-31)25(27-16-20-7-4-3-5-8-20)15-26(32)30(19)17-22-9-6-10-24(28-22)21-11-13-29(2)14-12-21;1-9-8-10-6-4-2-3-5-7(6)11-8/h3-10,15,18,21,27H,11-14,16-17H2,1-2H3;2-5H,1H3,(H,9,10). The number of carbonyl (C=O) groups excluding carboxylic acids is 1. The van der Waals surface area contributed by atoms with Crippen LogP contribution in [0.15, 0.2) is 83.7 Å². The molecule has 1 saturated heterocycles. The first-order valence-electron chi connectivity index (χ1n) is 14.6. The maximum absolute atomic E-state index is 12.9. The van der Waals surface area contributed by atoms with E-state index in [9.17, 15) is 9.59 Å². The Bertz CT molecular complexity index is 1690. The van der Waals surface area contributed by atoms with Crippen molar-refractivity contribution < 1.29 is 4.79 Å². The van der Waals surface area contributed by atoms with Gasteiger partial charge in [0.15, 0.2) is 11.4 Å². The molecule has 0 unspecified atom stereocenters. The third-order valence-electron chi connectivity index (χ3n) is 7.86. The van der Waals surface area contributed by atoms with Crippen LogP contribution in [0.4, 0.5) is 10.8 Å². The predicted octanol–water partition coefficient (Wildman–Crippen LogP) is 6.17. The Hall–Kier alpha value is -4.34. The van der Waals surface area contributed by atoms with Crippen molar-refractivity contribution in [3.8, 4) is 0 Å². The second-order valence-electron chi connectivity index (χ2n) is 10.8. The summed E-state index contributed by atoms with van der Waals surface area (Å²) in [5.74, 6) is 0.457. The summed E-state index contributed by atoms with van der Waals surface area (Å²) in [5.41, 5.74) is 5.67. The average Bonchev–Trinajstić information content (AvgIpc) is 3.47. The molecule has 6 rings (SSSR count). The van der Waals surface area contributed by atoms with Gasteiger partial charge in [0.1, 0.15) is 0 Å². The van der Waals surface area contributed by atoms with Crippen molar-refractivity contribution in [2.24, 2.45) is 0 Å². The van der Waals surface area contributed by atoms with Gasteiger partial charge in [-0.15, -0.1) is 0 Å². The summed E-state index contributed by atoms with van der Waals surface area (Å²) in [5, 5.41) is 7.25. The number of thiazole rings is 1. The zero-order valence-electron chi connectivity index (χ0n) is 24.9. The average molecular weight is 595 g/mol. The summed E-state index contributed by atoms with van der Waals surface area (Å²) in [6, 6.07) is 25.6. The van der Waals surface area contributed by atoms with Gasteiger partial charge in [-0.05, 0) is 69.7 Å². The number of hydrogen-bond acceptors (Lipinski definition) is 8. The van der Waals surface area contributed by atoms with Crippen LogP contribution in [0.3, 0.4) is 0 Å². The minimum atomic E-state index is -0.143. The fraction of sp³-hybridized carbons (Fsp3) is 0.294. The molecule has 1 aliphatic heterocycles. The van der Waals surface area contributed by atoms with Crippen LogP contribution in [0.25, 0.3) is 10.2 Å². The number of aromatic nitrogens is 3. The molecule has 43 heavy (non-hydrogen) atoms. The van der Waals surface area contributed by atoms with E-state index in [1.165, 1.54) is 10.8 Å². The first-order chi connectivity index (χ1) is 20.9. The molecule has 222 valence electrons. The Labute approximate surface area is 256 Å². The summed E-state index contributed by atoms with van der Waals surface area (Å²) in [4.78, 5) is 36.4. The number of para-hydroxylation sites is 1. The van der Waals surface area contributed by atoms with Crippen molar-refractivity contribution in [2.75, 3.05) is 37.8 Å². The normalized spacial score (nSPS) is 13.7. The number of aldehydes is 1. The molecule has 1 fully saturated rings. The van der Waals surface area contributed by atoms with Gasteiger partial charge in [0.05, 0.1) is 33.7 Å². The van der Waals surface area contributed by atoms with E-state index in [0.717, 1.165) is 59.8 Å². The molecule has 2 aromatic carbocycles. The summed E-state index contributed by atoms with van der Waals surface area (Å²) >= 11 is 1.68. The van der Waals surface area contributed by atoms with Crippen LogP contribution < -0.4 is 16.2 Å². The molecule has 0 amide bonds. The molecule has 0 radical (unpaired) electrons. The molecule has 8 nitrogen and oxygen atoms in total. The number of pyridine rings is 2. The second kappa shape index (κ2) is 14.2. The van der Waals surface area contributed by atoms with Crippen molar-refractivity contribution in [3.05, 3.63) is 117 Å². The number of rotatable bonds is 8. The number of benzene rings is 2. The number of nitrogens with one attached hydrogen (secondary N) is 2. The van der Waals surface area contributed by atoms with E-state index in [0.29, 0.717) is 36.0 Å². The fourth-order valence-corrected chi connectivity index (χ4v) is 6.15. The van der Waals surface area contributed by atoms with Gasteiger partial charge >= 0.3 is 0 Å². The van der Waals surface area contributed by atoms with Crippen LogP contribution in [0.2, 0.25) is 0 Å². The first kappa shape index (κ1) is 30.1. The van der Waals surface area contributed by atoms with Crippen LogP contribution in [-0.4, -0.2) is 52.9 Å². The monoisotopic (exact) mass is 594 g/mol. The van der Waals surface area contributed by atoms with E-state index in [-0.39, 0.29) is 5.56 Å². The van der Waals surface area contributed by atoms with E-state index in [4.69, 9.17) is 4.98 Å². The van der Waals surface area contributed by atoms with Gasteiger partial charge in [0.2, 0.25) is 0 Å². The SMILES string of the molecule is CNc1nc2ccccc2s1.Cc1c(C=O)c(NCc2ccccc2)cc(=O)n1Cc1cccc(C2CCN(C)CC2)n1. The molecule has 9 heteroatoms. The molecule has 0 spiro atoms. The van der Waals surface area contributed by atoms with Gasteiger partial charge in [-0.3, -0.25) is 14.6 Å². The summed E-state index contributed by atoms with van der Waals surface area (Å²) in [7, 11) is 4.04. The smallest absolute Gasteiger partial charge is 0.253 e. The Morgan fingerprint density at radius 1 is 0.977 bits per heavy atom. The summed E-state index contributed by atoms with van der Waals surface area (Å²) < 4.78 is 2.87. The van der Waals surface area contributed by atoms with Crippen molar-refractivity contribution in [3.63, 3.8) is 0 Å². The fourth-order valence-electron chi connectivity index (χ4n) is 5.33. The number of hydrogen-bond donors (Lipinski definition) is 2. The molecule has 0 aliphatic carbocycles. The highest BCUT2D eigenvalue weighted by Crippen LogP contribution is 2.27. The number of piperidine rings is 1. The van der Waals surface area contributed by atoms with Crippen LogP contribution >= 0.6 is 11.3 Å². The second-order valence-corrected chi connectivity index (χ2v) is 11.8. The lowest BCUT2D eigenvalue weighted by Gasteiger charge is -2.28. The summed E-state index contributed by atoms with van der Waals surface area (Å²) in [6.07, 6.45) is 3.02. The Balaban J connectivity index is 0.000000279. The Morgan fingerprint density at radius 3 is 2.44 bits per heavy atom. The van der Waals surface area contributed by atoms with Gasteiger partial charge in [-0.25, -0.2) is 4.98 Å². The minimum absolute atomic E-state index is 0.143. The third-order valence-corrected chi connectivity index (χ3v) is 8.91. The van der Waals surface area contributed by atoms with Gasteiger partial charge in [0, 0.05) is 37.0 Å². The zero-order chi connectivity index (χ0) is 30.2. The van der Waals surface area contributed by atoms with Crippen LogP contribution in [-0.2, 0) is 13.1 Å². The lowest BCUT2D eigenvalue weighted by molar-refractivity contribution is 0.112. The van der Waals surface area contributed by atoms with Crippen LogP contribution in [0.5, 0.6) is 0 Å². The first-order valence-corrected chi connectivity index (χ1v) is 15.4. The molecule has 0 atom stereocenters. The highest BCUT2D eigenvalue weighted by molar-refractivity contribution is 7.22. The maximum atomic E-state index is 12.9. The van der Waals surface area contributed by atoms with Crippen LogP contribution in [0.1, 0.15) is 51.8 Å². The van der Waals surface area contributed by atoms with E-state index in [1.807, 2.05) is 74.6 Å². The highest BCUT2D eigenvalue weighted by atomic mass is 32.1. The van der Waals surface area contributed by atoms with Gasteiger partial charge in [-0.2, -0.15) is 0 Å². The predicted molar refractivity (Wildman–Crippen MR) is 177 cm³/mol. The van der Waals surface area contributed by atoms with E-state index in [1.54, 1.807) is 15.9 Å². The number of nitrogens with zero attached hydrogens (tertiary/aromatic N) is 4. The number of carbonyl (C=O) groups is 1. The van der Waals surface area contributed by atoms with Crippen molar-refractivity contribution in [1.29, 1.82) is 0 Å². The van der Waals surface area contributed by atoms with Gasteiger partial charge < -0.3 is 20.1 Å². The third kappa shape index (κ3) is 7.55. The molecule has 1 aliphatic rings. The van der Waals surface area contributed by atoms with Gasteiger partial charge in [0.25, 0.3) is 5.56 Å². The van der Waals surface area contributed by atoms with E-state index < -0.39 is 0 Å². The molecular weight excluding hydrogens is 556 g/mol. The largest absolute Gasteiger partial charge is 0.380 e. The molecule has 0 saturated carbocycles. The molecular formula is C34H38N6O2S. The lowest BCUT2D eigenvalue weighted by Crippen LogP contribution is -2.29. The Kier molecular flexibility index (Phi) is 9.96. The molecule has 0 bridgehead atoms. The highest BCUT2D eigenvalue weighted by Gasteiger charge is 2.20. The Morgan fingerprint density at radius 2 is 1.72 bits per heavy atom. The van der Waals surface area contributed by atoms with Gasteiger partial charge in [-0.1, -0.05) is 59.9 Å². The maximum Gasteiger partial charge on any atom is 0.253 e. The quantitative estimate of drug-likeness (QED) is 0.208. The molecule has 4 heterocycles. The zero-order valence-corrected chi connectivity index (χ0v) is 25.7. The number of fused-ring (bicyclic) bond motifs is 1. The number of anilines is 2. The van der Waals surface area contributed by atoms with Crippen molar-refractivity contribution >= 4 is 38.7 Å². The summed E-state index contributed by atoms with van der Waals surface area (Å²) in [6.45, 7) is 4.87. The van der Waals surface area contributed by atoms with Crippen LogP contribution in [0, 0.1) is 6.92 Å². The minimum Gasteiger partial charge on any atom is -0.380 e. The van der Waals surface area contributed by atoms with E-state index in [2.05, 4.69) is 39.7 Å². The molecule has 5 aromatic rings. The lowest BCUT2D eigenvalue weighted by atomic mass is 9.93. The molecule has 2 N–H and O–H groups in total. The van der Waals surface area contributed by atoms with Crippen molar-refractivity contribution in [2.45, 2.75) is 38.8 Å². The van der Waals surface area contributed by atoms with Crippen molar-refractivity contribution in [1.82, 2.24) is 19.4 Å². The topological polar surface area (TPSA) is 92.2 Å². The molecule has 3 aromatic heterocycles.